The quantitative estimate of drug-likeness (QED) is 0.0266. The number of aliphatic hydroxyl groups is 1. The van der Waals surface area contributed by atoms with Crippen LogP contribution in [-0.4, -0.2) is 97.0 Å². The lowest BCUT2D eigenvalue weighted by Gasteiger charge is -2.26. The van der Waals surface area contributed by atoms with E-state index in [4.69, 9.17) is 9.47 Å². The minimum atomic E-state index is -0.782. The highest BCUT2D eigenvalue weighted by atomic mass is 16.5. The molecule has 65 heavy (non-hydrogen) atoms. The maximum atomic E-state index is 12.5. The van der Waals surface area contributed by atoms with Crippen LogP contribution < -0.4 is 0 Å². The van der Waals surface area contributed by atoms with Crippen LogP contribution in [0.1, 0.15) is 277 Å². The van der Waals surface area contributed by atoms with Gasteiger partial charge in [-0.25, -0.2) is 4.79 Å². The van der Waals surface area contributed by atoms with Gasteiger partial charge in [-0.3, -0.25) is 9.59 Å². The Labute approximate surface area is 402 Å². The number of carbonyl (C=O) groups is 2. The number of rotatable bonds is 55. The van der Waals surface area contributed by atoms with Gasteiger partial charge in [0.2, 0.25) is 0 Å². The first-order valence-corrected chi connectivity index (χ1v) is 28.3. The van der Waals surface area contributed by atoms with Crippen molar-refractivity contribution in [2.75, 3.05) is 59.1 Å². The Bertz CT molecular complexity index is 1050. The minimum Gasteiger partial charge on any atom is -0.487 e. The van der Waals surface area contributed by atoms with Gasteiger partial charge in [0, 0.05) is 25.9 Å². The first-order chi connectivity index (χ1) is 32.0. The average molecular weight is 921 g/mol. The number of hydrogen-bond acceptors (Lipinski definition) is 8. The van der Waals surface area contributed by atoms with Gasteiger partial charge < -0.3 is 29.5 Å². The summed E-state index contributed by atoms with van der Waals surface area (Å²) in [5, 5.41) is 18.6. The van der Waals surface area contributed by atoms with Gasteiger partial charge in [-0.05, 0) is 90.6 Å². The van der Waals surface area contributed by atoms with Gasteiger partial charge in [-0.15, -0.1) is 0 Å². The highest BCUT2D eigenvalue weighted by molar-refractivity contribution is 5.69. The second-order valence-electron chi connectivity index (χ2n) is 19.4. The molecule has 0 unspecified atom stereocenters. The second-order valence-corrected chi connectivity index (χ2v) is 19.4. The first kappa shape index (κ1) is 63.1. The fourth-order valence-electron chi connectivity index (χ4n) is 8.91. The van der Waals surface area contributed by atoms with Crippen LogP contribution in [0.2, 0.25) is 0 Å². The maximum Gasteiger partial charge on any atom is 0.305 e. The van der Waals surface area contributed by atoms with Crippen LogP contribution >= 0.6 is 0 Å². The van der Waals surface area contributed by atoms with E-state index < -0.39 is 5.97 Å². The Morgan fingerprint density at radius 1 is 0.385 bits per heavy atom. The summed E-state index contributed by atoms with van der Waals surface area (Å²) in [6.45, 7) is 10.7. The van der Waals surface area contributed by atoms with Crippen molar-refractivity contribution >= 4 is 17.9 Å². The number of aliphatic carboxylic acids is 1. The average Bonchev–Trinajstić information content (AvgIpc) is 3.30. The second kappa shape index (κ2) is 53.0. The van der Waals surface area contributed by atoms with Crippen molar-refractivity contribution < 1.29 is 34.1 Å². The molecule has 0 heterocycles. The zero-order chi connectivity index (χ0) is 47.4. The standard InChI is InChI=1S/C56H108N2O7/c1-3-5-7-9-11-13-15-16-17-18-19-20-21-22-23-24-26-28-30-32-36-52-65-56(63)43-39-47-58(46-38-42-55(61)62)49-40-48-57(44-33-34-50-59)45-37-41-54(53-60)64-51-35-31-29-27-25-14-12-10-8-6-4-2/h59H,3-52H2,1-2H3,(H,61,62). The first-order valence-electron chi connectivity index (χ1n) is 28.3. The Kier molecular flexibility index (Phi) is 51.5. The van der Waals surface area contributed by atoms with Gasteiger partial charge in [-0.2, -0.15) is 0 Å². The number of unbranched alkanes of at least 4 members (excludes halogenated alkanes) is 31. The molecule has 0 bridgehead atoms. The molecule has 0 aromatic rings. The summed E-state index contributed by atoms with van der Waals surface area (Å²) in [7, 11) is 0. The molecule has 0 spiro atoms. The van der Waals surface area contributed by atoms with Crippen molar-refractivity contribution in [2.24, 2.45) is 0 Å². The summed E-state index contributed by atoms with van der Waals surface area (Å²) >= 11 is 0. The van der Waals surface area contributed by atoms with Crippen LogP contribution in [0.4, 0.5) is 0 Å². The normalized spacial score (nSPS) is 11.5. The number of carboxylic acids is 1. The van der Waals surface area contributed by atoms with E-state index in [0.717, 1.165) is 84.1 Å². The van der Waals surface area contributed by atoms with Crippen molar-refractivity contribution in [3.63, 3.8) is 0 Å². The van der Waals surface area contributed by atoms with Gasteiger partial charge in [0.05, 0.1) is 13.2 Å². The minimum absolute atomic E-state index is 0.134. The number of nitrogens with zero attached hydrogens (tertiary/aromatic N) is 2. The van der Waals surface area contributed by atoms with Gasteiger partial charge in [0.1, 0.15) is 0 Å². The zero-order valence-electron chi connectivity index (χ0n) is 43.2. The molecule has 0 aliphatic rings. The molecule has 0 aliphatic heterocycles. The van der Waals surface area contributed by atoms with Crippen LogP contribution in [0.3, 0.4) is 0 Å². The fourth-order valence-corrected chi connectivity index (χ4v) is 8.91. The summed E-state index contributed by atoms with van der Waals surface area (Å²) in [6, 6.07) is 0. The monoisotopic (exact) mass is 921 g/mol. The van der Waals surface area contributed by atoms with Gasteiger partial charge >= 0.3 is 11.9 Å². The SMILES string of the molecule is CCCCCCCCCCCCCCCCCCCCCCCOC(=O)CCCN(CCCC(=O)O)CCCN(CCCCO)CCCC(=C=O)OCCCCCCCCCCCCC. The topological polar surface area (TPSA) is 117 Å². The number of aliphatic hydroxyl groups excluding tert-OH is 1. The number of carbonyl (C=O) groups excluding carboxylic acids is 2. The van der Waals surface area contributed by atoms with Crippen LogP contribution in [-0.2, 0) is 23.9 Å². The zero-order valence-corrected chi connectivity index (χ0v) is 43.2. The molecule has 9 nitrogen and oxygen atoms in total. The Morgan fingerprint density at radius 3 is 1.08 bits per heavy atom. The molecule has 0 aromatic carbocycles. The number of allylic oxidation sites excluding steroid dienone is 1. The van der Waals surface area contributed by atoms with Crippen molar-refractivity contribution in [1.82, 2.24) is 9.80 Å². The van der Waals surface area contributed by atoms with E-state index in [1.54, 1.807) is 0 Å². The number of hydrogen-bond donors (Lipinski definition) is 2. The predicted octanol–water partition coefficient (Wildman–Crippen LogP) is 15.0. The van der Waals surface area contributed by atoms with E-state index in [0.29, 0.717) is 51.2 Å². The molecular formula is C56H108N2O7. The summed E-state index contributed by atoms with van der Waals surface area (Å²) in [6.07, 6.45) is 48.3. The summed E-state index contributed by atoms with van der Waals surface area (Å²) in [4.78, 5) is 40.1. The van der Waals surface area contributed by atoms with Crippen LogP contribution in [0.25, 0.3) is 0 Å². The van der Waals surface area contributed by atoms with Crippen LogP contribution in [0, 0.1) is 0 Å². The number of esters is 1. The lowest BCUT2D eigenvalue weighted by molar-refractivity contribution is -0.144. The molecule has 0 aromatic heterocycles. The third-order valence-corrected chi connectivity index (χ3v) is 13.1. The molecule has 0 atom stereocenters. The van der Waals surface area contributed by atoms with Crippen molar-refractivity contribution in [3.8, 4) is 0 Å². The van der Waals surface area contributed by atoms with E-state index >= 15 is 0 Å². The highest BCUT2D eigenvalue weighted by Crippen LogP contribution is 2.16. The summed E-state index contributed by atoms with van der Waals surface area (Å²) in [5.41, 5.74) is 0. The highest BCUT2D eigenvalue weighted by Gasteiger charge is 2.12. The molecule has 0 rings (SSSR count). The van der Waals surface area contributed by atoms with Crippen molar-refractivity contribution in [3.05, 3.63) is 5.76 Å². The number of carboxylic acid groups (broad SMARTS) is 1. The molecule has 0 aliphatic carbocycles. The molecule has 0 saturated heterocycles. The van der Waals surface area contributed by atoms with E-state index in [9.17, 15) is 24.6 Å². The lowest BCUT2D eigenvalue weighted by atomic mass is 10.0. The maximum absolute atomic E-state index is 12.5. The Morgan fingerprint density at radius 2 is 0.708 bits per heavy atom. The molecular weight excluding hydrogens is 813 g/mol. The van der Waals surface area contributed by atoms with E-state index in [1.807, 2.05) is 5.94 Å². The molecule has 0 fully saturated rings. The lowest BCUT2D eigenvalue weighted by Crippen LogP contribution is -2.33. The van der Waals surface area contributed by atoms with E-state index in [2.05, 4.69) is 23.6 Å². The van der Waals surface area contributed by atoms with E-state index in [-0.39, 0.29) is 19.0 Å². The van der Waals surface area contributed by atoms with Gasteiger partial charge in [0.25, 0.3) is 0 Å². The van der Waals surface area contributed by atoms with Crippen LogP contribution in [0.5, 0.6) is 0 Å². The van der Waals surface area contributed by atoms with E-state index in [1.165, 1.54) is 180 Å². The van der Waals surface area contributed by atoms with Gasteiger partial charge in [0.15, 0.2) is 11.7 Å². The molecule has 0 radical (unpaired) electrons. The third kappa shape index (κ3) is 49.8. The largest absolute Gasteiger partial charge is 0.487 e. The Hall–Kier alpha value is -1.93. The van der Waals surface area contributed by atoms with Crippen LogP contribution in [0.15, 0.2) is 5.76 Å². The fraction of sp³-hybridized carbons (Fsp3) is 0.929. The predicted molar refractivity (Wildman–Crippen MR) is 274 cm³/mol. The molecule has 384 valence electrons. The summed E-state index contributed by atoms with van der Waals surface area (Å²) in [5.74, 6) is 1.54. The molecule has 2 N–H and O–H groups in total. The molecule has 9 heteroatoms. The molecule has 0 saturated carbocycles. The molecule has 0 amide bonds. The van der Waals surface area contributed by atoms with Gasteiger partial charge in [-0.1, -0.05) is 206 Å². The third-order valence-electron chi connectivity index (χ3n) is 13.1. The smallest absolute Gasteiger partial charge is 0.305 e. The van der Waals surface area contributed by atoms with Crippen molar-refractivity contribution in [1.29, 1.82) is 0 Å². The van der Waals surface area contributed by atoms with Crippen molar-refractivity contribution in [2.45, 2.75) is 277 Å². The summed E-state index contributed by atoms with van der Waals surface area (Å²) < 4.78 is 11.4. The Balaban J connectivity index is 4.16. The number of ether oxygens (including phenoxy) is 2.